The van der Waals surface area contributed by atoms with Gasteiger partial charge in [-0.05, 0) is 45.3 Å². The van der Waals surface area contributed by atoms with Crippen molar-refractivity contribution < 1.29 is 42.9 Å². The van der Waals surface area contributed by atoms with E-state index in [0.717, 1.165) is 14.2 Å². The Labute approximate surface area is 231 Å². The van der Waals surface area contributed by atoms with Crippen molar-refractivity contribution in [3.63, 3.8) is 0 Å². The first kappa shape index (κ1) is 29.1. The zero-order chi connectivity index (χ0) is 27.3. The highest BCUT2D eigenvalue weighted by molar-refractivity contribution is 9.11. The minimum atomic E-state index is -1.24. The zero-order valence-electron chi connectivity index (χ0n) is 20.5. The molecule has 1 saturated heterocycles. The fourth-order valence-corrected chi connectivity index (χ4v) is 5.73. The van der Waals surface area contributed by atoms with Gasteiger partial charge in [0.2, 0.25) is 0 Å². The number of carbonyl (C=O) groups is 4. The van der Waals surface area contributed by atoms with Gasteiger partial charge in [0.05, 0.1) is 3.79 Å². The van der Waals surface area contributed by atoms with Gasteiger partial charge in [0.15, 0.2) is 18.3 Å². The molecule has 1 aromatic carbocycles. The quantitative estimate of drug-likeness (QED) is 0.311. The van der Waals surface area contributed by atoms with E-state index in [1.54, 1.807) is 23.5 Å². The SMILES string of the molecule is CC(=O)OC[C@H]1O[C@@H](c2ccc(Cl)c(Cc3ccc(Br)s3)c2)[C@@H](OC(C)=O)[C@@H](OC(C)=O)[C@@H]1OC(C)=O. The van der Waals surface area contributed by atoms with E-state index in [2.05, 4.69) is 15.9 Å². The van der Waals surface area contributed by atoms with Gasteiger partial charge < -0.3 is 23.7 Å². The summed E-state index contributed by atoms with van der Waals surface area (Å²) in [7, 11) is 0. The summed E-state index contributed by atoms with van der Waals surface area (Å²) in [4.78, 5) is 48.6. The minimum absolute atomic E-state index is 0.294. The third-order valence-corrected chi connectivity index (χ3v) is 7.38. The van der Waals surface area contributed by atoms with Gasteiger partial charge >= 0.3 is 23.9 Å². The standard InChI is InChI=1S/C25H26BrClO9S/c1-12(28)32-11-20-23(33-13(2)29)25(35-15(4)31)24(34-14(3)30)22(36-20)16-5-7-19(27)17(9-16)10-18-6-8-21(26)37-18/h5-9,20,22-25H,10-11H2,1-4H3/t20-,22+,23-,24-,25+/m1/s1. The lowest BCUT2D eigenvalue weighted by Gasteiger charge is -2.44. The number of hydrogen-bond donors (Lipinski definition) is 0. The van der Waals surface area contributed by atoms with E-state index < -0.39 is 54.4 Å². The van der Waals surface area contributed by atoms with Crippen LogP contribution in [-0.4, -0.2) is 54.9 Å². The van der Waals surface area contributed by atoms with Crippen molar-refractivity contribution in [3.8, 4) is 0 Å². The Hall–Kier alpha value is -2.47. The van der Waals surface area contributed by atoms with Gasteiger partial charge in [0.25, 0.3) is 0 Å². The molecule has 5 atom stereocenters. The second kappa shape index (κ2) is 12.9. The van der Waals surface area contributed by atoms with Crippen LogP contribution in [0.25, 0.3) is 0 Å². The van der Waals surface area contributed by atoms with Crippen LogP contribution in [0.5, 0.6) is 0 Å². The van der Waals surface area contributed by atoms with Crippen molar-refractivity contribution in [2.45, 2.75) is 64.6 Å². The number of halogens is 2. The smallest absolute Gasteiger partial charge is 0.303 e. The number of rotatable bonds is 8. The molecule has 0 unspecified atom stereocenters. The molecule has 2 aromatic rings. The zero-order valence-corrected chi connectivity index (χ0v) is 23.7. The van der Waals surface area contributed by atoms with Crippen LogP contribution in [0.4, 0.5) is 0 Å². The normalized spacial score (nSPS) is 23.1. The summed E-state index contributed by atoms with van der Waals surface area (Å²) >= 11 is 11.5. The molecule has 0 bridgehead atoms. The number of carbonyl (C=O) groups excluding carboxylic acids is 4. The summed E-state index contributed by atoms with van der Waals surface area (Å²) in [6, 6.07) is 9.14. The molecule has 0 radical (unpaired) electrons. The first-order valence-corrected chi connectivity index (χ1v) is 13.3. The van der Waals surface area contributed by atoms with Crippen molar-refractivity contribution in [3.05, 3.63) is 55.1 Å². The summed E-state index contributed by atoms with van der Waals surface area (Å²) in [6.45, 7) is 4.49. The largest absolute Gasteiger partial charge is 0.463 e. The second-order valence-corrected chi connectivity index (χ2v) is 11.3. The van der Waals surface area contributed by atoms with Crippen molar-refractivity contribution >= 4 is 62.7 Å². The third-order valence-electron chi connectivity index (χ3n) is 5.38. The Kier molecular flexibility index (Phi) is 10.1. The molecule has 9 nitrogen and oxygen atoms in total. The molecular formula is C25H26BrClO9S. The van der Waals surface area contributed by atoms with Crippen LogP contribution in [0.2, 0.25) is 5.02 Å². The molecule has 0 N–H and O–H groups in total. The van der Waals surface area contributed by atoms with E-state index in [1.165, 1.54) is 27.7 Å². The maximum absolute atomic E-state index is 12.1. The summed E-state index contributed by atoms with van der Waals surface area (Å²) in [5, 5.41) is 0.527. The maximum Gasteiger partial charge on any atom is 0.303 e. The van der Waals surface area contributed by atoms with Crippen LogP contribution in [0.1, 0.15) is 49.8 Å². The van der Waals surface area contributed by atoms with E-state index in [9.17, 15) is 19.2 Å². The van der Waals surface area contributed by atoms with Crippen molar-refractivity contribution in [2.24, 2.45) is 0 Å². The molecule has 0 aliphatic carbocycles. The average Bonchev–Trinajstić information content (AvgIpc) is 3.20. The number of thiophene rings is 1. The van der Waals surface area contributed by atoms with Gasteiger partial charge in [-0.1, -0.05) is 23.7 Å². The fourth-order valence-electron chi connectivity index (χ4n) is 4.04. The Morgan fingerprint density at radius 1 is 0.892 bits per heavy atom. The lowest BCUT2D eigenvalue weighted by Crippen LogP contribution is -2.59. The molecule has 2 heterocycles. The molecule has 1 aliphatic rings. The maximum atomic E-state index is 12.1. The number of esters is 4. The second-order valence-electron chi connectivity index (χ2n) is 8.35. The average molecular weight is 618 g/mol. The first-order valence-electron chi connectivity index (χ1n) is 11.3. The van der Waals surface area contributed by atoms with Gasteiger partial charge in [-0.3, -0.25) is 19.2 Å². The van der Waals surface area contributed by atoms with Crippen molar-refractivity contribution in [1.29, 1.82) is 0 Å². The molecule has 1 fully saturated rings. The molecular weight excluding hydrogens is 592 g/mol. The molecule has 12 heteroatoms. The van der Waals surface area contributed by atoms with Crippen LogP contribution in [0.15, 0.2) is 34.1 Å². The summed E-state index contributed by atoms with van der Waals surface area (Å²) in [5.74, 6) is -2.61. The molecule has 1 aliphatic heterocycles. The van der Waals surface area contributed by atoms with Crippen LogP contribution in [0.3, 0.4) is 0 Å². The lowest BCUT2D eigenvalue weighted by atomic mass is 9.89. The highest BCUT2D eigenvalue weighted by Gasteiger charge is 2.52. The molecule has 0 saturated carbocycles. The molecule has 3 rings (SSSR count). The van der Waals surface area contributed by atoms with Gasteiger partial charge in [-0.25, -0.2) is 0 Å². The molecule has 1 aromatic heterocycles. The van der Waals surface area contributed by atoms with Crippen LogP contribution in [-0.2, 0) is 49.3 Å². The Morgan fingerprint density at radius 2 is 1.51 bits per heavy atom. The Morgan fingerprint density at radius 3 is 2.08 bits per heavy atom. The summed E-state index contributed by atoms with van der Waals surface area (Å²) < 4.78 is 28.9. The molecule has 200 valence electrons. The predicted molar refractivity (Wildman–Crippen MR) is 137 cm³/mol. The number of ether oxygens (including phenoxy) is 5. The van der Waals surface area contributed by atoms with Crippen LogP contribution >= 0.6 is 38.9 Å². The van der Waals surface area contributed by atoms with Gasteiger partial charge in [0.1, 0.15) is 18.8 Å². The van der Waals surface area contributed by atoms with Gasteiger partial charge in [-0.15, -0.1) is 11.3 Å². The Bertz CT molecular complexity index is 1170. The summed E-state index contributed by atoms with van der Waals surface area (Å²) in [6.07, 6.45) is -5.08. The summed E-state index contributed by atoms with van der Waals surface area (Å²) in [5.41, 5.74) is 1.37. The molecule has 37 heavy (non-hydrogen) atoms. The molecule has 0 spiro atoms. The molecule has 0 amide bonds. The predicted octanol–water partition coefficient (Wildman–Crippen LogP) is 4.55. The van der Waals surface area contributed by atoms with E-state index in [-0.39, 0.29) is 6.61 Å². The third kappa shape index (κ3) is 8.00. The lowest BCUT2D eigenvalue weighted by molar-refractivity contribution is -0.254. The topological polar surface area (TPSA) is 114 Å². The number of benzene rings is 1. The van der Waals surface area contributed by atoms with Crippen molar-refractivity contribution in [2.75, 3.05) is 6.61 Å². The van der Waals surface area contributed by atoms with E-state index in [0.29, 0.717) is 17.0 Å². The minimum Gasteiger partial charge on any atom is -0.463 e. The number of hydrogen-bond acceptors (Lipinski definition) is 10. The van der Waals surface area contributed by atoms with Crippen LogP contribution < -0.4 is 0 Å². The van der Waals surface area contributed by atoms with E-state index in [1.807, 2.05) is 18.2 Å². The van der Waals surface area contributed by atoms with Gasteiger partial charge in [-0.2, -0.15) is 0 Å². The monoisotopic (exact) mass is 616 g/mol. The first-order chi connectivity index (χ1) is 17.4. The Balaban J connectivity index is 2.06. The van der Waals surface area contributed by atoms with Crippen LogP contribution in [0, 0.1) is 0 Å². The van der Waals surface area contributed by atoms with Crippen molar-refractivity contribution in [1.82, 2.24) is 0 Å². The highest BCUT2D eigenvalue weighted by Crippen LogP contribution is 2.39. The van der Waals surface area contributed by atoms with E-state index in [4.69, 9.17) is 35.3 Å². The van der Waals surface area contributed by atoms with Gasteiger partial charge in [0, 0.05) is 44.0 Å². The highest BCUT2D eigenvalue weighted by atomic mass is 79.9. The van der Waals surface area contributed by atoms with E-state index >= 15 is 0 Å². The fraction of sp³-hybridized carbons (Fsp3) is 0.440.